The van der Waals surface area contributed by atoms with Gasteiger partial charge in [-0.3, -0.25) is 19.2 Å². The summed E-state index contributed by atoms with van der Waals surface area (Å²) in [5.41, 5.74) is 0. The number of alkyl carbamates (subject to hydrolysis) is 1. The molecule has 250 valence electrons. The van der Waals surface area contributed by atoms with E-state index in [2.05, 4.69) is 5.32 Å². The molecule has 0 bridgehead atoms. The van der Waals surface area contributed by atoms with Gasteiger partial charge in [0, 0.05) is 39.0 Å². The highest BCUT2D eigenvalue weighted by atomic mass is 35.6. The molecule has 0 radical (unpaired) electrons. The molecule has 1 aliphatic heterocycles. The van der Waals surface area contributed by atoms with Crippen molar-refractivity contribution in [3.05, 3.63) is 30.3 Å². The Hall–Kier alpha value is -2.98. The lowest BCUT2D eigenvalue weighted by Gasteiger charge is -2.48. The van der Waals surface area contributed by atoms with Crippen LogP contribution in [-0.2, 0) is 57.1 Å². The maximum absolute atomic E-state index is 13.5. The van der Waals surface area contributed by atoms with Gasteiger partial charge in [0.25, 0.3) is 0 Å². The van der Waals surface area contributed by atoms with E-state index in [4.69, 9.17) is 68.0 Å². The minimum Gasteiger partial charge on any atom is -0.466 e. The van der Waals surface area contributed by atoms with Crippen LogP contribution in [-0.4, -0.2) is 95.4 Å². The second-order valence-electron chi connectivity index (χ2n) is 9.48. The van der Waals surface area contributed by atoms with Crippen molar-refractivity contribution in [2.75, 3.05) is 20.3 Å². The number of halogens is 3. The number of methoxy groups -OCH3 is 1. The topological polar surface area (TPSA) is 179 Å². The molecule has 14 nitrogen and oxygen atoms in total. The lowest BCUT2D eigenvalue weighted by atomic mass is 9.89. The van der Waals surface area contributed by atoms with Gasteiger partial charge in [-0.15, -0.1) is 0 Å². The highest BCUT2D eigenvalue weighted by Crippen LogP contribution is 2.46. The molecule has 0 saturated carbocycles. The summed E-state index contributed by atoms with van der Waals surface area (Å²) in [6.45, 7) is 2.89. The first-order chi connectivity index (χ1) is 21.0. The molecule has 6 atom stereocenters. The molecule has 1 aliphatic rings. The van der Waals surface area contributed by atoms with Crippen LogP contribution in [0.15, 0.2) is 35.2 Å². The van der Waals surface area contributed by atoms with Crippen LogP contribution in [0.5, 0.6) is 0 Å². The highest BCUT2D eigenvalue weighted by Gasteiger charge is 2.59. The van der Waals surface area contributed by atoms with Gasteiger partial charge < -0.3 is 38.5 Å². The second kappa shape index (κ2) is 17.1. The fourth-order valence-electron chi connectivity index (χ4n) is 4.27. The summed E-state index contributed by atoms with van der Waals surface area (Å²) in [7, 11) is 1.10. The number of carbonyl (C=O) groups excluding carboxylic acids is 6. The Labute approximate surface area is 277 Å². The monoisotopic (exact) mass is 715 g/mol. The van der Waals surface area contributed by atoms with Crippen molar-refractivity contribution >= 4 is 82.5 Å². The van der Waals surface area contributed by atoms with Gasteiger partial charge in [0.1, 0.15) is 25.4 Å². The van der Waals surface area contributed by atoms with Crippen LogP contribution in [0.2, 0.25) is 0 Å². The summed E-state index contributed by atoms with van der Waals surface area (Å²) in [4.78, 5) is 73.5. The third kappa shape index (κ3) is 12.4. The third-order valence-corrected chi connectivity index (χ3v) is 7.40. The Morgan fingerprint density at radius 3 is 2.09 bits per heavy atom. The number of nitrogens with one attached hydrogen (secondary N) is 1. The zero-order valence-electron chi connectivity index (χ0n) is 24.7. The van der Waals surface area contributed by atoms with Crippen LogP contribution in [0.3, 0.4) is 0 Å². The molecular formula is C27H32Cl3NO13S. The Morgan fingerprint density at radius 1 is 0.956 bits per heavy atom. The van der Waals surface area contributed by atoms with Crippen molar-refractivity contribution < 1.29 is 61.9 Å². The highest BCUT2D eigenvalue weighted by molar-refractivity contribution is 8.01. The molecule has 1 aromatic rings. The summed E-state index contributed by atoms with van der Waals surface area (Å²) in [6.07, 6.45) is -7.95. The van der Waals surface area contributed by atoms with Gasteiger partial charge >= 0.3 is 35.9 Å². The summed E-state index contributed by atoms with van der Waals surface area (Å²) in [5.74, 6) is -4.34. The minimum absolute atomic E-state index is 0.417. The van der Waals surface area contributed by atoms with Crippen LogP contribution in [0, 0.1) is 0 Å². The van der Waals surface area contributed by atoms with Crippen LogP contribution in [0.25, 0.3) is 0 Å². The molecule has 1 N–H and O–H groups in total. The zero-order chi connectivity index (χ0) is 33.9. The number of carbonyl (C=O) groups is 6. The Morgan fingerprint density at radius 2 is 1.58 bits per heavy atom. The Bertz CT molecular complexity index is 1230. The zero-order valence-corrected chi connectivity index (χ0v) is 27.8. The predicted octanol–water partition coefficient (Wildman–Crippen LogP) is 3.26. The molecule has 1 aromatic carbocycles. The van der Waals surface area contributed by atoms with Gasteiger partial charge in [-0.05, 0) is 12.1 Å². The number of esters is 5. The van der Waals surface area contributed by atoms with Crippen molar-refractivity contribution in [2.45, 2.75) is 78.2 Å². The maximum atomic E-state index is 13.5. The fraction of sp³-hybridized carbons (Fsp3) is 0.556. The first kappa shape index (κ1) is 38.2. The van der Waals surface area contributed by atoms with Gasteiger partial charge in [0.05, 0.1) is 13.2 Å². The van der Waals surface area contributed by atoms with E-state index in [-0.39, 0.29) is 0 Å². The van der Waals surface area contributed by atoms with E-state index in [1.54, 1.807) is 30.3 Å². The van der Waals surface area contributed by atoms with Gasteiger partial charge in [0.15, 0.2) is 12.2 Å². The van der Waals surface area contributed by atoms with Crippen LogP contribution >= 0.6 is 46.6 Å². The van der Waals surface area contributed by atoms with Gasteiger partial charge in [-0.2, -0.15) is 0 Å². The molecule has 18 heteroatoms. The Balaban J connectivity index is 2.78. The third-order valence-electron chi connectivity index (χ3n) is 5.80. The molecule has 1 saturated heterocycles. The molecule has 45 heavy (non-hydrogen) atoms. The molecule has 2 rings (SSSR count). The molecule has 1 heterocycles. The number of benzene rings is 1. The molecule has 1 fully saturated rings. The average Bonchev–Trinajstić information content (AvgIpc) is 2.93. The standard InChI is InChI=1S/C27H32Cl3NO13S/c1-14(32)39-12-20(42-16(3)34)22(43-17(4)35)23-21(31-25(37)40-13-27(28,29)30)19(41-15(2)33)11-26(44-23,24(36)38-5)45-18-9-7-6-8-10-18/h6-10,19-23H,11-13H2,1-5H3,(H,31,37)/t19-,20+,21+,22+,23-,26-/m0/s1. The number of thioether (sulfide) groups is 1. The van der Waals surface area contributed by atoms with E-state index >= 15 is 0 Å². The number of hydrogen-bond donors (Lipinski definition) is 1. The van der Waals surface area contributed by atoms with E-state index < -0.39 is 94.8 Å². The van der Waals surface area contributed by atoms with Crippen LogP contribution in [0.1, 0.15) is 34.1 Å². The van der Waals surface area contributed by atoms with Gasteiger partial charge in [-0.25, -0.2) is 9.59 Å². The number of rotatable bonds is 12. The van der Waals surface area contributed by atoms with Gasteiger partial charge in [-0.1, -0.05) is 64.8 Å². The fourth-order valence-corrected chi connectivity index (χ4v) is 5.68. The SMILES string of the molecule is COC(=O)[C@@]1(Sc2ccccc2)C[C@H](OC(C)=O)[C@@H](NC(=O)OCC(Cl)(Cl)Cl)[C@@H]([C@H](OC(C)=O)[C@@H](COC(C)=O)OC(C)=O)O1. The Kier molecular flexibility index (Phi) is 14.5. The average molecular weight is 717 g/mol. The van der Waals surface area contributed by atoms with Crippen molar-refractivity contribution in [1.82, 2.24) is 5.32 Å². The molecular weight excluding hydrogens is 685 g/mol. The van der Waals surface area contributed by atoms with E-state index in [0.717, 1.165) is 46.6 Å². The predicted molar refractivity (Wildman–Crippen MR) is 158 cm³/mol. The first-order valence-electron chi connectivity index (χ1n) is 13.1. The number of hydrogen-bond acceptors (Lipinski definition) is 14. The number of amides is 1. The molecule has 0 spiro atoms. The smallest absolute Gasteiger partial charge is 0.407 e. The summed E-state index contributed by atoms with van der Waals surface area (Å²) in [5, 5.41) is 2.44. The van der Waals surface area contributed by atoms with Crippen LogP contribution < -0.4 is 5.32 Å². The molecule has 0 unspecified atom stereocenters. The van der Waals surface area contributed by atoms with E-state index in [0.29, 0.717) is 4.90 Å². The largest absolute Gasteiger partial charge is 0.466 e. The van der Waals surface area contributed by atoms with Crippen molar-refractivity contribution in [1.29, 1.82) is 0 Å². The minimum atomic E-state index is -2.01. The normalized spacial score (nSPS) is 22.5. The lowest BCUT2D eigenvalue weighted by Crippen LogP contribution is -2.68. The maximum Gasteiger partial charge on any atom is 0.407 e. The summed E-state index contributed by atoms with van der Waals surface area (Å²) < 4.78 is 36.0. The van der Waals surface area contributed by atoms with Crippen LogP contribution in [0.4, 0.5) is 4.79 Å². The van der Waals surface area contributed by atoms with E-state index in [9.17, 15) is 28.8 Å². The number of ether oxygens (including phenoxy) is 7. The van der Waals surface area contributed by atoms with Crippen molar-refractivity contribution in [2.24, 2.45) is 0 Å². The molecule has 0 aromatic heterocycles. The van der Waals surface area contributed by atoms with Crippen molar-refractivity contribution in [3.63, 3.8) is 0 Å². The first-order valence-corrected chi connectivity index (χ1v) is 15.1. The van der Waals surface area contributed by atoms with E-state index in [1.807, 2.05) is 0 Å². The van der Waals surface area contributed by atoms with Crippen molar-refractivity contribution in [3.8, 4) is 0 Å². The molecule has 0 aliphatic carbocycles. The van der Waals surface area contributed by atoms with E-state index in [1.165, 1.54) is 0 Å². The summed E-state index contributed by atoms with van der Waals surface area (Å²) in [6, 6.07) is 6.97. The summed E-state index contributed by atoms with van der Waals surface area (Å²) >= 11 is 18.0. The quantitative estimate of drug-likeness (QED) is 0.189. The molecule has 1 amide bonds. The number of alkyl halides is 3. The second-order valence-corrected chi connectivity index (χ2v) is 13.3. The lowest BCUT2D eigenvalue weighted by molar-refractivity contribution is -0.223. The van der Waals surface area contributed by atoms with Gasteiger partial charge in [0.2, 0.25) is 8.73 Å².